The minimum atomic E-state index is -1.00. The van der Waals surface area contributed by atoms with Crippen LogP contribution in [0.4, 0.5) is 8.78 Å². The lowest BCUT2D eigenvalue weighted by molar-refractivity contribution is -0.146. The number of furan rings is 1. The highest BCUT2D eigenvalue weighted by Gasteiger charge is 2.37. The van der Waals surface area contributed by atoms with Gasteiger partial charge in [-0.25, -0.2) is 13.6 Å². The lowest BCUT2D eigenvalue weighted by Gasteiger charge is -2.38. The zero-order chi connectivity index (χ0) is 23.8. The number of rotatable bonds is 6. The number of amides is 1. The van der Waals surface area contributed by atoms with Crippen molar-refractivity contribution in [2.45, 2.75) is 19.1 Å². The second-order valence-electron chi connectivity index (χ2n) is 8.04. The minimum absolute atomic E-state index is 0.0812. The van der Waals surface area contributed by atoms with E-state index >= 15 is 0 Å². The normalized spacial score (nSPS) is 15.2. The second-order valence-corrected chi connectivity index (χ2v) is 8.04. The summed E-state index contributed by atoms with van der Waals surface area (Å²) in [6, 6.07) is 15.4. The number of hydrogen-bond acceptors (Lipinski definition) is 4. The molecule has 0 bridgehead atoms. The number of carbonyl (C=O) groups excluding carboxylic acids is 1. The molecule has 4 aromatic rings. The molecular formula is C26H19F2NO5. The first-order chi connectivity index (χ1) is 16.4. The zero-order valence-electron chi connectivity index (χ0n) is 17.8. The first-order valence-corrected chi connectivity index (χ1v) is 10.6. The van der Waals surface area contributed by atoms with Crippen LogP contribution in [0.5, 0.6) is 5.75 Å². The van der Waals surface area contributed by atoms with Crippen molar-refractivity contribution in [3.63, 3.8) is 0 Å². The van der Waals surface area contributed by atoms with Crippen LogP contribution in [0.1, 0.15) is 22.3 Å². The molecule has 0 saturated carbocycles. The maximum absolute atomic E-state index is 14.0. The summed E-state index contributed by atoms with van der Waals surface area (Å²) in [5.41, 5.74) is 2.49. The van der Waals surface area contributed by atoms with E-state index in [4.69, 9.17) is 14.3 Å². The van der Waals surface area contributed by atoms with Crippen molar-refractivity contribution in [3.8, 4) is 16.9 Å². The van der Waals surface area contributed by atoms with Crippen LogP contribution < -0.4 is 4.74 Å². The van der Waals surface area contributed by atoms with Gasteiger partial charge >= 0.3 is 5.97 Å². The van der Waals surface area contributed by atoms with E-state index in [0.29, 0.717) is 35.4 Å². The Morgan fingerprint density at radius 1 is 1.09 bits per heavy atom. The van der Waals surface area contributed by atoms with Crippen LogP contribution in [0.2, 0.25) is 0 Å². The maximum atomic E-state index is 14.0. The summed E-state index contributed by atoms with van der Waals surface area (Å²) in [7, 11) is 0. The molecule has 2 heterocycles. The Labute approximate surface area is 193 Å². The second kappa shape index (κ2) is 8.62. The molecule has 0 radical (unpaired) electrons. The molecule has 0 spiro atoms. The van der Waals surface area contributed by atoms with Crippen LogP contribution in [0.25, 0.3) is 22.1 Å². The summed E-state index contributed by atoms with van der Waals surface area (Å²) in [5, 5.41) is 9.25. The number of benzene rings is 3. The first-order valence-electron chi connectivity index (χ1n) is 10.6. The van der Waals surface area contributed by atoms with Gasteiger partial charge in [0.1, 0.15) is 24.0 Å². The summed E-state index contributed by atoms with van der Waals surface area (Å²) in [6.07, 6.45) is 1.77. The highest BCUT2D eigenvalue weighted by atomic mass is 19.2. The maximum Gasteiger partial charge on any atom is 0.326 e. The Balaban J connectivity index is 1.29. The van der Waals surface area contributed by atoms with Gasteiger partial charge in [-0.3, -0.25) is 4.79 Å². The van der Waals surface area contributed by atoms with E-state index in [1.807, 2.05) is 6.07 Å². The monoisotopic (exact) mass is 463 g/mol. The minimum Gasteiger partial charge on any atom is -0.489 e. The predicted octanol–water partition coefficient (Wildman–Crippen LogP) is 5.26. The molecule has 1 amide bonds. The molecule has 8 heteroatoms. The molecule has 1 aromatic heterocycles. The van der Waals surface area contributed by atoms with Crippen molar-refractivity contribution in [2.75, 3.05) is 6.54 Å². The van der Waals surface area contributed by atoms with Gasteiger partial charge in [0.25, 0.3) is 5.91 Å². The highest BCUT2D eigenvalue weighted by molar-refractivity contribution is 5.97. The molecule has 1 aliphatic heterocycles. The molecule has 3 aromatic carbocycles. The Bertz CT molecular complexity index is 1400. The molecule has 34 heavy (non-hydrogen) atoms. The lowest BCUT2D eigenvalue weighted by Crippen LogP contribution is -2.55. The molecule has 6 nitrogen and oxygen atoms in total. The van der Waals surface area contributed by atoms with Crippen molar-refractivity contribution in [1.82, 2.24) is 4.90 Å². The van der Waals surface area contributed by atoms with Crippen LogP contribution >= 0.6 is 0 Å². The van der Waals surface area contributed by atoms with Gasteiger partial charge in [0.2, 0.25) is 0 Å². The van der Waals surface area contributed by atoms with Crippen molar-refractivity contribution >= 4 is 22.8 Å². The Morgan fingerprint density at radius 3 is 2.59 bits per heavy atom. The van der Waals surface area contributed by atoms with Crippen LogP contribution in [0.15, 0.2) is 71.3 Å². The fraction of sp³-hybridized carbons (Fsp3) is 0.154. The number of carboxylic acids is 1. The Kier molecular flexibility index (Phi) is 5.49. The van der Waals surface area contributed by atoms with Gasteiger partial charge in [-0.05, 0) is 53.9 Å². The predicted molar refractivity (Wildman–Crippen MR) is 119 cm³/mol. The van der Waals surface area contributed by atoms with Crippen LogP contribution in [-0.4, -0.2) is 34.5 Å². The van der Waals surface area contributed by atoms with Crippen LogP contribution in [0.3, 0.4) is 0 Å². The number of aliphatic carboxylic acids is 1. The molecule has 5 rings (SSSR count). The molecule has 1 fully saturated rings. The van der Waals surface area contributed by atoms with Gasteiger partial charge in [-0.2, -0.15) is 0 Å². The third-order valence-corrected chi connectivity index (χ3v) is 5.94. The summed E-state index contributed by atoms with van der Waals surface area (Å²) in [4.78, 5) is 25.2. The first kappa shape index (κ1) is 21.6. The lowest BCUT2D eigenvalue weighted by atomic mass is 10.0. The van der Waals surface area contributed by atoms with E-state index in [2.05, 4.69) is 0 Å². The number of halogens is 2. The van der Waals surface area contributed by atoms with E-state index in [9.17, 15) is 18.4 Å². The van der Waals surface area contributed by atoms with E-state index in [1.165, 1.54) is 17.2 Å². The van der Waals surface area contributed by atoms with Gasteiger partial charge in [-0.15, -0.1) is 0 Å². The zero-order valence-corrected chi connectivity index (χ0v) is 17.8. The van der Waals surface area contributed by atoms with Crippen LogP contribution in [-0.2, 0) is 11.4 Å². The molecule has 0 unspecified atom stereocenters. The molecular weight excluding hydrogens is 444 g/mol. The standard InChI is InChI=1S/C26H19F2NO5/c27-21-13-20(24-19(23(21)28)9-11-33-24)16-4-6-18(7-5-16)34-14-15-2-1-3-17(12-15)25(30)29-10-8-22(29)26(31)32/h1-7,9,11-13,22H,8,10,14H2,(H,31,32)/t22-/m0/s1. The summed E-state index contributed by atoms with van der Waals surface area (Å²) in [6.45, 7) is 0.613. The highest BCUT2D eigenvalue weighted by Crippen LogP contribution is 2.33. The average Bonchev–Trinajstić information content (AvgIpc) is 3.30. The largest absolute Gasteiger partial charge is 0.489 e. The number of ether oxygens (including phenoxy) is 1. The molecule has 1 atom stereocenters. The van der Waals surface area contributed by atoms with E-state index in [0.717, 1.165) is 11.6 Å². The van der Waals surface area contributed by atoms with Gasteiger partial charge in [0.05, 0.1) is 11.6 Å². The van der Waals surface area contributed by atoms with E-state index in [-0.39, 0.29) is 23.5 Å². The molecule has 0 aliphatic carbocycles. The van der Waals surface area contributed by atoms with Crippen molar-refractivity contribution in [2.24, 2.45) is 0 Å². The number of likely N-dealkylation sites (tertiary alicyclic amines) is 1. The summed E-state index contributed by atoms with van der Waals surface area (Å²) >= 11 is 0. The van der Waals surface area contributed by atoms with Gasteiger partial charge in [0, 0.05) is 17.7 Å². The van der Waals surface area contributed by atoms with E-state index < -0.39 is 23.6 Å². The number of nitrogens with zero attached hydrogens (tertiary/aromatic N) is 1. The smallest absolute Gasteiger partial charge is 0.326 e. The molecule has 1 N–H and O–H groups in total. The van der Waals surface area contributed by atoms with Gasteiger partial charge in [-0.1, -0.05) is 24.3 Å². The van der Waals surface area contributed by atoms with E-state index in [1.54, 1.807) is 42.5 Å². The SMILES string of the molecule is O=C(O)[C@@H]1CCN1C(=O)c1cccc(COc2ccc(-c3cc(F)c(F)c4ccoc34)cc2)c1. The molecule has 1 saturated heterocycles. The van der Waals surface area contributed by atoms with Crippen LogP contribution in [0, 0.1) is 11.6 Å². The van der Waals surface area contributed by atoms with Crippen molar-refractivity contribution in [1.29, 1.82) is 0 Å². The van der Waals surface area contributed by atoms with Gasteiger partial charge < -0.3 is 19.2 Å². The number of hydrogen-bond donors (Lipinski definition) is 1. The fourth-order valence-electron chi connectivity index (χ4n) is 4.03. The van der Waals surface area contributed by atoms with Gasteiger partial charge in [0.15, 0.2) is 11.6 Å². The summed E-state index contributed by atoms with van der Waals surface area (Å²) < 4.78 is 39.1. The summed E-state index contributed by atoms with van der Waals surface area (Å²) in [5.74, 6) is -2.67. The third kappa shape index (κ3) is 3.87. The third-order valence-electron chi connectivity index (χ3n) is 5.94. The topological polar surface area (TPSA) is 80.0 Å². The number of carbonyl (C=O) groups is 2. The number of fused-ring (bicyclic) bond motifs is 1. The average molecular weight is 463 g/mol. The van der Waals surface area contributed by atoms with Crippen molar-refractivity contribution in [3.05, 3.63) is 89.7 Å². The Hall–Kier alpha value is -4.20. The molecule has 1 aliphatic rings. The molecule has 172 valence electrons. The fourth-order valence-corrected chi connectivity index (χ4v) is 4.03. The Morgan fingerprint density at radius 2 is 1.88 bits per heavy atom. The quantitative estimate of drug-likeness (QED) is 0.422. The van der Waals surface area contributed by atoms with Crippen molar-refractivity contribution < 1.29 is 32.6 Å². The number of carboxylic acid groups (broad SMARTS) is 1.